The van der Waals surface area contributed by atoms with E-state index in [9.17, 15) is 23.2 Å². The number of hydrogen-bond acceptors (Lipinski definition) is 3. The van der Waals surface area contributed by atoms with Gasteiger partial charge in [-0.3, -0.25) is 14.4 Å². The van der Waals surface area contributed by atoms with Crippen LogP contribution in [0.1, 0.15) is 77.6 Å². The van der Waals surface area contributed by atoms with E-state index in [-0.39, 0.29) is 30.5 Å². The van der Waals surface area contributed by atoms with E-state index < -0.39 is 17.7 Å². The molecule has 4 nitrogen and oxygen atoms in total. The predicted octanol–water partition coefficient (Wildman–Crippen LogP) is 4.96. The molecule has 1 fully saturated rings. The van der Waals surface area contributed by atoms with Gasteiger partial charge in [0.15, 0.2) is 0 Å². The average molecular weight is 372 g/mol. The van der Waals surface area contributed by atoms with Gasteiger partial charge in [0.25, 0.3) is 0 Å². The number of Topliss-reactive ketones (excluding diaryl/α,β-unsaturated/α-hetero) is 2. The molecule has 0 aromatic heterocycles. The summed E-state index contributed by atoms with van der Waals surface area (Å²) in [4.78, 5) is 34.3. The molecule has 0 unspecified atom stereocenters. The molecule has 1 aliphatic rings. The predicted molar refractivity (Wildman–Crippen MR) is 95.2 cm³/mol. The van der Waals surface area contributed by atoms with Crippen molar-refractivity contribution in [3.05, 3.63) is 12.2 Å². The monoisotopic (exact) mass is 372 g/mol. The summed E-state index contributed by atoms with van der Waals surface area (Å²) in [7, 11) is 0. The zero-order valence-corrected chi connectivity index (χ0v) is 15.5. The maximum absolute atomic E-state index is 13.7. The minimum Gasteiger partial charge on any atom is -0.481 e. The smallest absolute Gasteiger partial charge is 0.323 e. The summed E-state index contributed by atoms with van der Waals surface area (Å²) in [5, 5.41) is 8.59. The van der Waals surface area contributed by atoms with Crippen molar-refractivity contribution < 1.29 is 28.3 Å². The van der Waals surface area contributed by atoms with E-state index in [1.807, 2.05) is 0 Å². The zero-order chi connectivity index (χ0) is 19.6. The first kappa shape index (κ1) is 22.5. The maximum Gasteiger partial charge on any atom is 0.323 e. The first-order valence-corrected chi connectivity index (χ1v) is 9.61. The van der Waals surface area contributed by atoms with Crippen LogP contribution in [0.5, 0.6) is 0 Å². The highest BCUT2D eigenvalue weighted by Gasteiger charge is 2.38. The van der Waals surface area contributed by atoms with Crippen molar-refractivity contribution in [3.63, 3.8) is 0 Å². The van der Waals surface area contributed by atoms with Crippen LogP contribution in [-0.4, -0.2) is 28.6 Å². The minimum atomic E-state index is -3.42. The fourth-order valence-corrected chi connectivity index (χ4v) is 3.56. The van der Waals surface area contributed by atoms with Gasteiger partial charge in [0.05, 0.1) is 0 Å². The quantitative estimate of drug-likeness (QED) is 0.366. The van der Waals surface area contributed by atoms with E-state index in [0.717, 1.165) is 19.3 Å². The van der Waals surface area contributed by atoms with Gasteiger partial charge < -0.3 is 5.11 Å². The molecule has 0 saturated heterocycles. The van der Waals surface area contributed by atoms with Gasteiger partial charge in [-0.25, -0.2) is 0 Å². The number of alkyl halides is 2. The van der Waals surface area contributed by atoms with Crippen molar-refractivity contribution in [2.75, 3.05) is 0 Å². The Bertz CT molecular complexity index is 514. The van der Waals surface area contributed by atoms with Gasteiger partial charge in [0.2, 0.25) is 5.78 Å². The van der Waals surface area contributed by atoms with Crippen LogP contribution in [-0.2, 0) is 14.4 Å². The molecule has 0 amide bonds. The van der Waals surface area contributed by atoms with Crippen LogP contribution in [0.4, 0.5) is 8.78 Å². The van der Waals surface area contributed by atoms with E-state index in [2.05, 4.69) is 0 Å². The maximum atomic E-state index is 13.7. The van der Waals surface area contributed by atoms with E-state index in [1.165, 1.54) is 6.08 Å². The number of allylic oxidation sites excluding steroid dienone is 2. The van der Waals surface area contributed by atoms with Crippen molar-refractivity contribution in [1.82, 2.24) is 0 Å². The number of carboxylic acid groups (broad SMARTS) is 1. The van der Waals surface area contributed by atoms with Gasteiger partial charge >= 0.3 is 11.9 Å². The highest BCUT2D eigenvalue weighted by atomic mass is 19.3. The largest absolute Gasteiger partial charge is 0.481 e. The number of carbonyl (C=O) groups is 3. The number of hydrogen-bond donors (Lipinski definition) is 1. The highest BCUT2D eigenvalue weighted by molar-refractivity contribution is 5.88. The molecular formula is C20H30F2O4. The Hall–Kier alpha value is -1.59. The summed E-state index contributed by atoms with van der Waals surface area (Å²) >= 11 is 0. The van der Waals surface area contributed by atoms with Gasteiger partial charge in [-0.2, -0.15) is 8.78 Å². The number of rotatable bonds is 13. The second-order valence-corrected chi connectivity index (χ2v) is 7.11. The van der Waals surface area contributed by atoms with Gasteiger partial charge in [-0.1, -0.05) is 32.3 Å². The normalized spacial score (nSPS) is 20.8. The lowest BCUT2D eigenvalue weighted by Crippen LogP contribution is -2.27. The van der Waals surface area contributed by atoms with Crippen molar-refractivity contribution in [1.29, 1.82) is 0 Å². The van der Waals surface area contributed by atoms with E-state index in [4.69, 9.17) is 5.11 Å². The van der Waals surface area contributed by atoms with Gasteiger partial charge in [0.1, 0.15) is 5.78 Å². The third kappa shape index (κ3) is 7.75. The van der Waals surface area contributed by atoms with Crippen molar-refractivity contribution in [2.24, 2.45) is 11.8 Å². The summed E-state index contributed by atoms with van der Waals surface area (Å²) in [6, 6.07) is 0. The second-order valence-electron chi connectivity index (χ2n) is 7.11. The Kier molecular flexibility index (Phi) is 9.66. The van der Waals surface area contributed by atoms with Crippen LogP contribution in [0.15, 0.2) is 12.2 Å². The first-order valence-electron chi connectivity index (χ1n) is 9.61. The molecule has 0 aromatic carbocycles. The molecule has 0 spiro atoms. The molecule has 2 atom stereocenters. The Morgan fingerprint density at radius 1 is 1.15 bits per heavy atom. The summed E-state index contributed by atoms with van der Waals surface area (Å²) in [5.74, 6) is -5.25. The van der Waals surface area contributed by atoms with Crippen LogP contribution in [0, 0.1) is 11.8 Å². The van der Waals surface area contributed by atoms with Gasteiger partial charge in [-0.05, 0) is 44.1 Å². The molecule has 0 aromatic rings. The molecule has 26 heavy (non-hydrogen) atoms. The molecule has 0 radical (unpaired) electrons. The molecule has 6 heteroatoms. The standard InChI is InChI=1S/C20H30F2O4/c1-2-3-14-20(21,22)18(24)13-11-15-10-12-17(23)16(15)8-6-4-5-7-9-19(25)26/h3,14-16H,2,4-13H2,1H3,(H,25,26)/b14-3+/t15-,16-/m1/s1. The Morgan fingerprint density at radius 2 is 1.85 bits per heavy atom. The molecule has 1 N–H and O–H groups in total. The lowest BCUT2D eigenvalue weighted by Gasteiger charge is -2.19. The van der Waals surface area contributed by atoms with E-state index >= 15 is 0 Å². The number of ketones is 2. The van der Waals surface area contributed by atoms with Gasteiger partial charge in [0, 0.05) is 25.2 Å². The third-order valence-corrected chi connectivity index (χ3v) is 5.08. The third-order valence-electron chi connectivity index (χ3n) is 5.08. The molecular weight excluding hydrogens is 342 g/mol. The SMILES string of the molecule is CC/C=C/C(F)(F)C(=O)CC[C@H]1CCC(=O)[C@@H]1CCCCCCC(=O)O. The van der Waals surface area contributed by atoms with Crippen LogP contribution >= 0.6 is 0 Å². The lowest BCUT2D eigenvalue weighted by molar-refractivity contribution is -0.138. The second kappa shape index (κ2) is 11.2. The average Bonchev–Trinajstić information content (AvgIpc) is 2.93. The van der Waals surface area contributed by atoms with Crippen molar-refractivity contribution in [2.45, 2.75) is 83.5 Å². The Balaban J connectivity index is 2.38. The minimum absolute atomic E-state index is 0.0106. The van der Waals surface area contributed by atoms with Crippen LogP contribution in [0.3, 0.4) is 0 Å². The summed E-state index contributed by atoms with van der Waals surface area (Å²) in [5.41, 5.74) is 0. The zero-order valence-electron chi connectivity index (χ0n) is 15.5. The molecule has 1 aliphatic carbocycles. The summed E-state index contributed by atoms with van der Waals surface area (Å²) in [6.07, 6.45) is 7.70. The fourth-order valence-electron chi connectivity index (χ4n) is 3.56. The number of unbranched alkanes of at least 4 members (excludes halogenated alkanes) is 3. The summed E-state index contributed by atoms with van der Waals surface area (Å²) in [6.45, 7) is 1.73. The molecule has 148 valence electrons. The first-order chi connectivity index (χ1) is 12.3. The lowest BCUT2D eigenvalue weighted by atomic mass is 9.86. The summed E-state index contributed by atoms with van der Waals surface area (Å²) < 4.78 is 27.4. The molecule has 1 saturated carbocycles. The number of carbonyl (C=O) groups excluding carboxylic acids is 2. The molecule has 0 bridgehead atoms. The molecule has 0 heterocycles. The molecule has 1 rings (SSSR count). The van der Waals surface area contributed by atoms with Crippen molar-refractivity contribution in [3.8, 4) is 0 Å². The van der Waals surface area contributed by atoms with E-state index in [0.29, 0.717) is 44.6 Å². The Labute approximate surface area is 154 Å². The fraction of sp³-hybridized carbons (Fsp3) is 0.750. The van der Waals surface area contributed by atoms with Crippen LogP contribution in [0.25, 0.3) is 0 Å². The van der Waals surface area contributed by atoms with Crippen LogP contribution in [0.2, 0.25) is 0 Å². The Morgan fingerprint density at radius 3 is 2.50 bits per heavy atom. The van der Waals surface area contributed by atoms with Gasteiger partial charge in [-0.15, -0.1) is 0 Å². The highest BCUT2D eigenvalue weighted by Crippen LogP contribution is 2.36. The van der Waals surface area contributed by atoms with Crippen molar-refractivity contribution >= 4 is 17.5 Å². The van der Waals surface area contributed by atoms with Crippen LogP contribution < -0.4 is 0 Å². The molecule has 0 aliphatic heterocycles. The van der Waals surface area contributed by atoms with E-state index in [1.54, 1.807) is 6.92 Å². The topological polar surface area (TPSA) is 71.4 Å². The number of carboxylic acids is 1. The number of halogens is 2. The number of aliphatic carboxylic acids is 1.